The molecule has 0 saturated heterocycles. The Morgan fingerprint density at radius 2 is 2.23 bits per heavy atom. The summed E-state index contributed by atoms with van der Waals surface area (Å²) in [5.74, 6) is -0.500. The quantitative estimate of drug-likeness (QED) is 0.497. The van der Waals surface area contributed by atoms with Crippen molar-refractivity contribution < 1.29 is 14.8 Å². The average Bonchev–Trinajstić information content (AvgIpc) is 2.78. The highest BCUT2D eigenvalue weighted by Crippen LogP contribution is 2.36. The van der Waals surface area contributed by atoms with Crippen molar-refractivity contribution in [2.24, 2.45) is 5.10 Å². The number of nitro benzene ring substituents is 1. The van der Waals surface area contributed by atoms with Crippen LogP contribution >= 0.6 is 11.3 Å². The van der Waals surface area contributed by atoms with E-state index in [1.165, 1.54) is 36.8 Å². The normalized spacial score (nSPS) is 10.9. The predicted octanol–water partition coefficient (Wildman–Crippen LogP) is 2.83. The van der Waals surface area contributed by atoms with E-state index in [-0.39, 0.29) is 5.75 Å². The number of benzene rings is 1. The molecule has 0 radical (unpaired) electrons. The third-order valence-electron chi connectivity index (χ3n) is 2.90. The molecule has 0 atom stereocenters. The number of thiazole rings is 1. The van der Waals surface area contributed by atoms with Gasteiger partial charge in [0.2, 0.25) is 10.9 Å². The molecule has 1 aromatic heterocycles. The lowest BCUT2D eigenvalue weighted by Gasteiger charge is -2.04. The van der Waals surface area contributed by atoms with E-state index in [1.54, 1.807) is 0 Å². The van der Waals surface area contributed by atoms with Crippen molar-refractivity contribution in [3.8, 4) is 11.5 Å². The first-order valence-corrected chi connectivity index (χ1v) is 7.02. The van der Waals surface area contributed by atoms with Gasteiger partial charge in [0.25, 0.3) is 0 Å². The smallest absolute Gasteiger partial charge is 0.315 e. The minimum Gasteiger partial charge on any atom is -0.500 e. The summed E-state index contributed by atoms with van der Waals surface area (Å²) in [6.45, 7) is 3.85. The summed E-state index contributed by atoms with van der Waals surface area (Å²) in [5, 5.41) is 25.2. The van der Waals surface area contributed by atoms with Gasteiger partial charge in [-0.2, -0.15) is 5.10 Å². The van der Waals surface area contributed by atoms with Crippen molar-refractivity contribution in [1.82, 2.24) is 4.98 Å². The monoisotopic (exact) mass is 322 g/mol. The third-order valence-corrected chi connectivity index (χ3v) is 3.87. The predicted molar refractivity (Wildman–Crippen MR) is 84.1 cm³/mol. The maximum absolute atomic E-state index is 10.9. The van der Waals surface area contributed by atoms with Crippen LogP contribution in [0.2, 0.25) is 0 Å². The molecule has 0 spiro atoms. The summed E-state index contributed by atoms with van der Waals surface area (Å²) in [6, 6.07) is 2.66. The van der Waals surface area contributed by atoms with E-state index < -0.39 is 16.4 Å². The zero-order valence-corrected chi connectivity index (χ0v) is 13.0. The number of phenols is 1. The van der Waals surface area contributed by atoms with Gasteiger partial charge in [-0.25, -0.2) is 4.98 Å². The summed E-state index contributed by atoms with van der Waals surface area (Å²) >= 11 is 1.46. The second-order valence-corrected chi connectivity index (χ2v) is 5.58. The lowest BCUT2D eigenvalue weighted by molar-refractivity contribution is -0.386. The Labute approximate surface area is 130 Å². The van der Waals surface area contributed by atoms with Gasteiger partial charge >= 0.3 is 5.69 Å². The fourth-order valence-corrected chi connectivity index (χ4v) is 2.43. The molecule has 0 aliphatic carbocycles. The summed E-state index contributed by atoms with van der Waals surface area (Å²) in [5.41, 5.74) is 3.65. The molecule has 0 bridgehead atoms. The van der Waals surface area contributed by atoms with Crippen molar-refractivity contribution in [3.63, 3.8) is 0 Å². The first kappa shape index (κ1) is 15.7. The van der Waals surface area contributed by atoms with Gasteiger partial charge in [0.15, 0.2) is 5.75 Å². The van der Waals surface area contributed by atoms with Gasteiger partial charge in [0.1, 0.15) is 0 Å². The molecule has 2 N–H and O–H groups in total. The minimum absolute atomic E-state index is 0.0107. The summed E-state index contributed by atoms with van der Waals surface area (Å²) in [6.07, 6.45) is 1.39. The third kappa shape index (κ3) is 3.31. The molecule has 1 heterocycles. The zero-order valence-electron chi connectivity index (χ0n) is 12.2. The Balaban J connectivity index is 2.23. The largest absolute Gasteiger partial charge is 0.500 e. The number of nitrogens with zero attached hydrogens (tertiary/aromatic N) is 3. The molecule has 0 aliphatic rings. The van der Waals surface area contributed by atoms with Gasteiger partial charge < -0.3 is 9.84 Å². The number of aromatic nitrogens is 1. The van der Waals surface area contributed by atoms with Crippen LogP contribution in [0.5, 0.6) is 11.5 Å². The number of hydrogen-bond donors (Lipinski definition) is 2. The van der Waals surface area contributed by atoms with E-state index in [0.717, 1.165) is 10.6 Å². The van der Waals surface area contributed by atoms with Crippen LogP contribution in [-0.4, -0.2) is 28.3 Å². The highest BCUT2D eigenvalue weighted by Gasteiger charge is 2.19. The number of anilines is 1. The Morgan fingerprint density at radius 3 is 2.77 bits per heavy atom. The molecule has 2 rings (SSSR count). The van der Waals surface area contributed by atoms with Crippen LogP contribution < -0.4 is 10.2 Å². The Bertz CT molecular complexity index is 722. The Hall–Kier alpha value is -2.68. The van der Waals surface area contributed by atoms with Crippen LogP contribution in [0.3, 0.4) is 0 Å². The van der Waals surface area contributed by atoms with Crippen molar-refractivity contribution >= 4 is 28.4 Å². The lowest BCUT2D eigenvalue weighted by Crippen LogP contribution is -1.96. The standard InChI is InChI=1S/C13H14N4O4S/c1-7-8(2)22-13(15-7)16-14-6-9-4-10(17(19)20)12(18)11(5-9)21-3/h4-6,18H,1-3H3,(H,15,16)/b14-6+. The number of nitro groups is 1. The Morgan fingerprint density at radius 1 is 1.50 bits per heavy atom. The van der Waals surface area contributed by atoms with Gasteiger partial charge in [-0.05, 0) is 19.9 Å². The van der Waals surface area contributed by atoms with E-state index in [0.29, 0.717) is 10.7 Å². The van der Waals surface area contributed by atoms with Crippen molar-refractivity contribution in [3.05, 3.63) is 38.4 Å². The van der Waals surface area contributed by atoms with Crippen LogP contribution in [0.25, 0.3) is 0 Å². The van der Waals surface area contributed by atoms with E-state index >= 15 is 0 Å². The highest BCUT2D eigenvalue weighted by atomic mass is 32.1. The molecule has 116 valence electrons. The maximum atomic E-state index is 10.9. The van der Waals surface area contributed by atoms with Crippen molar-refractivity contribution in [1.29, 1.82) is 0 Å². The number of hydrazone groups is 1. The molecule has 0 amide bonds. The van der Waals surface area contributed by atoms with Crippen LogP contribution in [0.4, 0.5) is 10.8 Å². The van der Waals surface area contributed by atoms with Gasteiger partial charge in [-0.3, -0.25) is 15.5 Å². The first-order valence-electron chi connectivity index (χ1n) is 6.21. The number of rotatable bonds is 5. The molecule has 0 unspecified atom stereocenters. The second-order valence-electron chi connectivity index (χ2n) is 4.38. The number of ether oxygens (including phenoxy) is 1. The highest BCUT2D eigenvalue weighted by molar-refractivity contribution is 7.15. The van der Waals surface area contributed by atoms with Crippen molar-refractivity contribution in [2.45, 2.75) is 13.8 Å². The molecule has 1 aromatic carbocycles. The topological polar surface area (TPSA) is 110 Å². The van der Waals surface area contributed by atoms with E-state index in [4.69, 9.17) is 4.74 Å². The van der Waals surface area contributed by atoms with Gasteiger partial charge in [0, 0.05) is 16.5 Å². The molecular formula is C13H14N4O4S. The Kier molecular flexibility index (Phi) is 4.56. The van der Waals surface area contributed by atoms with E-state index in [9.17, 15) is 15.2 Å². The number of aryl methyl sites for hydroxylation is 2. The summed E-state index contributed by atoms with van der Waals surface area (Å²) in [7, 11) is 1.32. The molecule has 0 fully saturated rings. The fraction of sp³-hybridized carbons (Fsp3) is 0.231. The molecule has 8 nitrogen and oxygen atoms in total. The summed E-state index contributed by atoms with van der Waals surface area (Å²) in [4.78, 5) is 15.6. The molecular weight excluding hydrogens is 308 g/mol. The SMILES string of the molecule is COc1cc(/C=N/Nc2nc(C)c(C)s2)cc([N+](=O)[O-])c1O. The van der Waals surface area contributed by atoms with Crippen LogP contribution in [0.1, 0.15) is 16.1 Å². The molecule has 0 saturated carbocycles. The van der Waals surface area contributed by atoms with E-state index in [2.05, 4.69) is 15.5 Å². The first-order chi connectivity index (χ1) is 10.4. The van der Waals surface area contributed by atoms with E-state index in [1.807, 2.05) is 13.8 Å². The minimum atomic E-state index is -0.684. The van der Waals surface area contributed by atoms with Crippen LogP contribution in [0.15, 0.2) is 17.2 Å². The van der Waals surface area contributed by atoms with Gasteiger partial charge in [-0.15, -0.1) is 11.3 Å². The van der Waals surface area contributed by atoms with Crippen LogP contribution in [-0.2, 0) is 0 Å². The molecule has 2 aromatic rings. The van der Waals surface area contributed by atoms with Gasteiger partial charge in [0.05, 0.1) is 23.9 Å². The second kappa shape index (κ2) is 6.39. The number of methoxy groups -OCH3 is 1. The zero-order chi connectivity index (χ0) is 16.3. The number of phenolic OH excluding ortho intramolecular Hbond substituents is 1. The van der Waals surface area contributed by atoms with Crippen LogP contribution in [0, 0.1) is 24.0 Å². The van der Waals surface area contributed by atoms with Crippen molar-refractivity contribution in [2.75, 3.05) is 12.5 Å². The summed E-state index contributed by atoms with van der Waals surface area (Å²) < 4.78 is 4.91. The number of nitrogens with one attached hydrogen (secondary N) is 1. The number of aromatic hydroxyl groups is 1. The fourth-order valence-electron chi connectivity index (χ4n) is 1.67. The maximum Gasteiger partial charge on any atom is 0.315 e. The molecule has 9 heteroatoms. The molecule has 0 aliphatic heterocycles. The average molecular weight is 322 g/mol. The number of hydrogen-bond acceptors (Lipinski definition) is 8. The van der Waals surface area contributed by atoms with Gasteiger partial charge in [-0.1, -0.05) is 0 Å². The lowest BCUT2D eigenvalue weighted by atomic mass is 10.2. The molecule has 22 heavy (non-hydrogen) atoms.